The van der Waals surface area contributed by atoms with E-state index >= 15 is 0 Å². The molecule has 0 amide bonds. The lowest BCUT2D eigenvalue weighted by Gasteiger charge is -2.18. The van der Waals surface area contributed by atoms with Crippen LogP contribution in [-0.4, -0.2) is 42.8 Å². The Kier molecular flexibility index (Phi) is 13.2. The molecule has 0 aliphatic rings. The second kappa shape index (κ2) is 13.1. The first-order valence-corrected chi connectivity index (χ1v) is 8.05. The molecule has 0 spiro atoms. The third-order valence-electron chi connectivity index (χ3n) is 2.29. The molecule has 0 saturated carbocycles. The molecule has 0 heterocycles. The largest absolute Gasteiger partial charge is 0.392 e. The standard InChI is InChI=1S/C11H28N2O2Si/c1-4-6-8-12-16(13-9-7-5-2)15-11-10-14-3/h12-13,16H,4-11H2,1-3H3. The molecule has 0 aromatic heterocycles. The van der Waals surface area contributed by atoms with E-state index in [2.05, 4.69) is 23.8 Å². The van der Waals surface area contributed by atoms with E-state index in [0.29, 0.717) is 13.2 Å². The van der Waals surface area contributed by atoms with Crippen molar-refractivity contribution in [3.63, 3.8) is 0 Å². The highest BCUT2D eigenvalue weighted by atomic mass is 28.3. The molecule has 0 saturated heterocycles. The second-order valence-corrected chi connectivity index (χ2v) is 5.77. The third-order valence-corrected chi connectivity index (χ3v) is 4.18. The van der Waals surface area contributed by atoms with E-state index in [0.717, 1.165) is 13.1 Å². The summed E-state index contributed by atoms with van der Waals surface area (Å²) in [7, 11) is 0.295. The van der Waals surface area contributed by atoms with Gasteiger partial charge in [0.2, 0.25) is 0 Å². The molecule has 5 heteroatoms. The molecule has 0 unspecified atom stereocenters. The zero-order chi connectivity index (χ0) is 12.1. The summed E-state index contributed by atoms with van der Waals surface area (Å²) in [6.07, 6.45) is 4.88. The van der Waals surface area contributed by atoms with Crippen molar-refractivity contribution in [1.82, 2.24) is 9.96 Å². The summed E-state index contributed by atoms with van der Waals surface area (Å²) < 4.78 is 10.8. The van der Waals surface area contributed by atoms with E-state index in [9.17, 15) is 0 Å². The van der Waals surface area contributed by atoms with E-state index in [4.69, 9.17) is 9.16 Å². The maximum absolute atomic E-state index is 5.77. The van der Waals surface area contributed by atoms with Crippen LogP contribution < -0.4 is 9.96 Å². The van der Waals surface area contributed by atoms with Gasteiger partial charge in [0, 0.05) is 7.11 Å². The Hall–Kier alpha value is 0.0569. The lowest BCUT2D eigenvalue weighted by molar-refractivity contribution is 0.142. The number of unbranched alkanes of at least 4 members (excludes halogenated alkanes) is 2. The van der Waals surface area contributed by atoms with E-state index in [-0.39, 0.29) is 0 Å². The molecule has 0 bridgehead atoms. The molecular formula is C11H28N2O2Si. The van der Waals surface area contributed by atoms with Gasteiger partial charge in [-0.3, -0.25) is 0 Å². The normalized spacial score (nSPS) is 11.2. The van der Waals surface area contributed by atoms with Gasteiger partial charge in [-0.25, -0.2) is 0 Å². The van der Waals surface area contributed by atoms with Gasteiger partial charge in [-0.2, -0.15) is 0 Å². The van der Waals surface area contributed by atoms with Crippen LogP contribution in [0.3, 0.4) is 0 Å². The van der Waals surface area contributed by atoms with Gasteiger partial charge < -0.3 is 19.1 Å². The molecule has 0 aromatic rings. The summed E-state index contributed by atoms with van der Waals surface area (Å²) in [5.74, 6) is 0. The van der Waals surface area contributed by atoms with Crippen LogP contribution in [0.5, 0.6) is 0 Å². The summed E-state index contributed by atoms with van der Waals surface area (Å²) >= 11 is 0. The van der Waals surface area contributed by atoms with E-state index in [1.54, 1.807) is 7.11 Å². The van der Waals surface area contributed by atoms with Crippen molar-refractivity contribution >= 4 is 9.36 Å². The first-order chi connectivity index (χ1) is 7.85. The first-order valence-electron chi connectivity index (χ1n) is 6.42. The lowest BCUT2D eigenvalue weighted by atomic mass is 10.3. The SMILES string of the molecule is CCCCN[SiH](NCCCC)OCCOC. The monoisotopic (exact) mass is 248 g/mol. The Morgan fingerprint density at radius 3 is 1.94 bits per heavy atom. The number of nitrogens with one attached hydrogen (secondary N) is 2. The summed E-state index contributed by atoms with van der Waals surface area (Å²) in [6, 6.07) is 0. The fourth-order valence-electron chi connectivity index (χ4n) is 1.26. The van der Waals surface area contributed by atoms with Gasteiger partial charge in [-0.05, 0) is 25.9 Å². The Balaban J connectivity index is 3.58. The molecule has 0 aliphatic heterocycles. The number of ether oxygens (including phenoxy) is 1. The van der Waals surface area contributed by atoms with Crippen molar-refractivity contribution in [2.45, 2.75) is 39.5 Å². The Labute approximate surface area is 102 Å². The summed E-state index contributed by atoms with van der Waals surface area (Å²) in [6.45, 7) is 7.88. The Bertz CT molecular complexity index is 115. The number of hydrogen-bond acceptors (Lipinski definition) is 4. The van der Waals surface area contributed by atoms with Crippen molar-refractivity contribution in [2.75, 3.05) is 33.4 Å². The van der Waals surface area contributed by atoms with Crippen LogP contribution in [0.4, 0.5) is 0 Å². The number of methoxy groups -OCH3 is 1. The number of hydrogen-bond donors (Lipinski definition) is 2. The molecule has 2 N–H and O–H groups in total. The topological polar surface area (TPSA) is 42.5 Å². The highest BCUT2D eigenvalue weighted by molar-refractivity contribution is 6.45. The van der Waals surface area contributed by atoms with Gasteiger partial charge in [0.1, 0.15) is 0 Å². The van der Waals surface area contributed by atoms with Crippen molar-refractivity contribution in [1.29, 1.82) is 0 Å². The second-order valence-electron chi connectivity index (χ2n) is 3.86. The van der Waals surface area contributed by atoms with Crippen LogP contribution in [0.1, 0.15) is 39.5 Å². The Morgan fingerprint density at radius 1 is 0.938 bits per heavy atom. The molecule has 0 aromatic carbocycles. The highest BCUT2D eigenvalue weighted by Gasteiger charge is 2.09. The third kappa shape index (κ3) is 10.6. The van der Waals surface area contributed by atoms with Crippen molar-refractivity contribution in [3.8, 4) is 0 Å². The van der Waals surface area contributed by atoms with E-state index < -0.39 is 9.36 Å². The van der Waals surface area contributed by atoms with Crippen molar-refractivity contribution in [3.05, 3.63) is 0 Å². The average molecular weight is 248 g/mol. The van der Waals surface area contributed by atoms with Gasteiger partial charge in [0.25, 0.3) is 0 Å². The van der Waals surface area contributed by atoms with E-state index in [1.807, 2.05) is 0 Å². The van der Waals surface area contributed by atoms with Gasteiger partial charge in [-0.15, -0.1) is 0 Å². The van der Waals surface area contributed by atoms with Crippen LogP contribution in [0.25, 0.3) is 0 Å². The Morgan fingerprint density at radius 2 is 1.50 bits per heavy atom. The maximum atomic E-state index is 5.77. The minimum atomic E-state index is -1.41. The summed E-state index contributed by atoms with van der Waals surface area (Å²) in [5.41, 5.74) is 0. The van der Waals surface area contributed by atoms with Crippen LogP contribution in [-0.2, 0) is 9.16 Å². The van der Waals surface area contributed by atoms with E-state index in [1.165, 1.54) is 25.7 Å². The fourth-order valence-corrected chi connectivity index (χ4v) is 2.90. The quantitative estimate of drug-likeness (QED) is 0.402. The van der Waals surface area contributed by atoms with Gasteiger partial charge >= 0.3 is 9.36 Å². The van der Waals surface area contributed by atoms with Crippen molar-refractivity contribution < 1.29 is 9.16 Å². The molecular weight excluding hydrogens is 220 g/mol. The number of rotatable bonds is 12. The maximum Gasteiger partial charge on any atom is 0.335 e. The molecule has 98 valence electrons. The minimum absolute atomic E-state index is 0.675. The zero-order valence-corrected chi connectivity index (χ0v) is 12.2. The average Bonchev–Trinajstić information content (AvgIpc) is 2.29. The van der Waals surface area contributed by atoms with Crippen LogP contribution in [0.15, 0.2) is 0 Å². The lowest BCUT2D eigenvalue weighted by Crippen LogP contribution is -2.51. The molecule has 0 aliphatic carbocycles. The first kappa shape index (κ1) is 16.1. The molecule has 16 heavy (non-hydrogen) atoms. The van der Waals surface area contributed by atoms with Crippen molar-refractivity contribution in [2.24, 2.45) is 0 Å². The molecule has 0 radical (unpaired) electrons. The fraction of sp³-hybridized carbons (Fsp3) is 1.00. The minimum Gasteiger partial charge on any atom is -0.392 e. The van der Waals surface area contributed by atoms with Crippen LogP contribution in [0, 0.1) is 0 Å². The highest BCUT2D eigenvalue weighted by Crippen LogP contribution is 1.87. The summed E-state index contributed by atoms with van der Waals surface area (Å²) in [4.78, 5) is 6.98. The summed E-state index contributed by atoms with van der Waals surface area (Å²) in [5, 5.41) is 0. The molecule has 0 atom stereocenters. The van der Waals surface area contributed by atoms with Gasteiger partial charge in [0.05, 0.1) is 13.2 Å². The van der Waals surface area contributed by atoms with Gasteiger partial charge in [0.15, 0.2) is 0 Å². The molecule has 0 fully saturated rings. The molecule has 4 nitrogen and oxygen atoms in total. The predicted octanol–water partition coefficient (Wildman–Crippen LogP) is 1.15. The molecule has 0 rings (SSSR count). The predicted molar refractivity (Wildman–Crippen MR) is 70.8 cm³/mol. The van der Waals surface area contributed by atoms with Gasteiger partial charge in [-0.1, -0.05) is 26.7 Å². The van der Waals surface area contributed by atoms with Crippen LogP contribution in [0.2, 0.25) is 0 Å². The van der Waals surface area contributed by atoms with Crippen LogP contribution >= 0.6 is 0 Å². The zero-order valence-electron chi connectivity index (χ0n) is 11.1. The smallest absolute Gasteiger partial charge is 0.335 e.